The summed E-state index contributed by atoms with van der Waals surface area (Å²) < 4.78 is 26.0. The Morgan fingerprint density at radius 2 is 1.79 bits per heavy atom. The molecule has 0 aliphatic carbocycles. The summed E-state index contributed by atoms with van der Waals surface area (Å²) in [5.74, 6) is -0.0983. The molecule has 1 atom stereocenters. The number of halogens is 1. The number of sulfonamides is 1. The molecular weight excluding hydrogens is 458 g/mol. The Bertz CT molecular complexity index is 1050. The van der Waals surface area contributed by atoms with Gasteiger partial charge >= 0.3 is 0 Å². The summed E-state index contributed by atoms with van der Waals surface area (Å²) in [5, 5.41) is 3.54. The summed E-state index contributed by atoms with van der Waals surface area (Å²) in [6, 6.07) is 13.5. The van der Waals surface area contributed by atoms with E-state index in [1.54, 1.807) is 25.1 Å². The Morgan fingerprint density at radius 1 is 1.12 bits per heavy atom. The molecule has 3 rings (SSSR count). The van der Waals surface area contributed by atoms with Gasteiger partial charge < -0.3 is 10.2 Å². The fourth-order valence-electron chi connectivity index (χ4n) is 4.24. The first-order valence-electron chi connectivity index (χ1n) is 11.5. The summed E-state index contributed by atoms with van der Waals surface area (Å²) in [7, 11) is -3.50. The van der Waals surface area contributed by atoms with Gasteiger partial charge in [-0.25, -0.2) is 8.42 Å². The molecule has 2 aromatic rings. The summed E-state index contributed by atoms with van der Waals surface area (Å²) in [6.07, 6.45) is 5.60. The second-order valence-corrected chi connectivity index (χ2v) is 11.1. The molecule has 1 heterocycles. The summed E-state index contributed by atoms with van der Waals surface area (Å²) in [4.78, 5) is 14.9. The van der Waals surface area contributed by atoms with Crippen molar-refractivity contribution in [3.8, 4) is 0 Å². The fourth-order valence-corrected chi connectivity index (χ4v) is 5.42. The Hall–Kier alpha value is -2.25. The molecule has 1 fully saturated rings. The van der Waals surface area contributed by atoms with Crippen molar-refractivity contribution in [1.29, 1.82) is 0 Å². The molecule has 2 aromatic carbocycles. The fraction of sp³-hybridized carbons (Fsp3) is 0.480. The van der Waals surface area contributed by atoms with Crippen molar-refractivity contribution in [2.24, 2.45) is 0 Å². The summed E-state index contributed by atoms with van der Waals surface area (Å²) in [6.45, 7) is 6.18. The van der Waals surface area contributed by atoms with Gasteiger partial charge in [-0.2, -0.15) is 0 Å². The Balaban J connectivity index is 1.54. The van der Waals surface area contributed by atoms with Crippen LogP contribution in [0, 0.1) is 6.92 Å². The first kappa shape index (κ1) is 25.4. The van der Waals surface area contributed by atoms with Crippen molar-refractivity contribution in [2.45, 2.75) is 52.0 Å². The molecule has 0 unspecified atom stereocenters. The Kier molecular flexibility index (Phi) is 8.65. The number of benzene rings is 2. The number of anilines is 2. The van der Waals surface area contributed by atoms with Crippen molar-refractivity contribution in [1.82, 2.24) is 5.32 Å². The average Bonchev–Trinajstić information content (AvgIpc) is 2.79. The number of carbonyl (C=O) groups is 1. The number of rotatable bonds is 9. The van der Waals surface area contributed by atoms with E-state index in [0.29, 0.717) is 22.7 Å². The lowest BCUT2D eigenvalue weighted by Gasteiger charge is -2.29. The highest BCUT2D eigenvalue weighted by molar-refractivity contribution is 7.92. The van der Waals surface area contributed by atoms with E-state index < -0.39 is 10.0 Å². The van der Waals surface area contributed by atoms with Gasteiger partial charge in [-0.15, -0.1) is 0 Å². The van der Waals surface area contributed by atoms with Crippen molar-refractivity contribution < 1.29 is 13.2 Å². The van der Waals surface area contributed by atoms with Crippen LogP contribution in [0.25, 0.3) is 0 Å². The number of hydrogen-bond acceptors (Lipinski definition) is 4. The van der Waals surface area contributed by atoms with Crippen LogP contribution in [-0.2, 0) is 14.8 Å². The lowest BCUT2D eigenvalue weighted by atomic mass is 10.1. The standard InChI is InChI=1S/C25H34ClN3O3S/c1-19-23(26)9-7-10-24(19)29(33(3,31)32)18-8-11-25(30)27-20(2)21-12-14-22(15-13-21)28-16-5-4-6-17-28/h7,9-10,12-15,20H,4-6,8,11,16-18H2,1-3H3,(H,27,30)/t20-/m0/s1. The predicted octanol–water partition coefficient (Wildman–Crippen LogP) is 5.06. The first-order valence-corrected chi connectivity index (χ1v) is 13.8. The second kappa shape index (κ2) is 11.3. The third-order valence-corrected chi connectivity index (χ3v) is 7.75. The number of nitrogens with zero attached hydrogens (tertiary/aromatic N) is 2. The van der Waals surface area contributed by atoms with E-state index in [0.717, 1.165) is 18.7 Å². The number of nitrogens with one attached hydrogen (secondary N) is 1. The largest absolute Gasteiger partial charge is 0.372 e. The van der Waals surface area contributed by atoms with Gasteiger partial charge in [0.05, 0.1) is 18.0 Å². The van der Waals surface area contributed by atoms with Crippen molar-refractivity contribution >= 4 is 38.9 Å². The molecule has 1 amide bonds. The maximum atomic E-state index is 12.5. The maximum absolute atomic E-state index is 12.5. The zero-order valence-electron chi connectivity index (χ0n) is 19.7. The molecule has 0 aromatic heterocycles. The Morgan fingerprint density at radius 3 is 2.42 bits per heavy atom. The number of carbonyl (C=O) groups excluding carboxylic acids is 1. The topological polar surface area (TPSA) is 69.7 Å². The molecule has 1 aliphatic heterocycles. The molecule has 8 heteroatoms. The quantitative estimate of drug-likeness (QED) is 0.532. The van der Waals surface area contributed by atoms with Gasteiger partial charge in [-0.1, -0.05) is 29.8 Å². The molecule has 180 valence electrons. The Labute approximate surface area is 203 Å². The van der Waals surface area contributed by atoms with E-state index in [1.165, 1.54) is 35.5 Å². The number of piperidine rings is 1. The van der Waals surface area contributed by atoms with Crippen molar-refractivity contribution in [3.63, 3.8) is 0 Å². The average molecular weight is 492 g/mol. The van der Waals surface area contributed by atoms with E-state index in [2.05, 4.69) is 34.5 Å². The monoisotopic (exact) mass is 491 g/mol. The zero-order valence-corrected chi connectivity index (χ0v) is 21.3. The van der Waals surface area contributed by atoms with Crippen LogP contribution in [0.2, 0.25) is 5.02 Å². The summed E-state index contributed by atoms with van der Waals surface area (Å²) >= 11 is 6.17. The van der Waals surface area contributed by atoms with Crippen LogP contribution in [0.4, 0.5) is 11.4 Å². The molecular formula is C25H34ClN3O3S. The lowest BCUT2D eigenvalue weighted by molar-refractivity contribution is -0.121. The first-order chi connectivity index (χ1) is 15.7. The van der Waals surface area contributed by atoms with Gasteiger partial charge in [0.2, 0.25) is 15.9 Å². The highest BCUT2D eigenvalue weighted by Crippen LogP contribution is 2.28. The normalized spacial score (nSPS) is 15.2. The second-order valence-electron chi connectivity index (χ2n) is 8.75. The molecule has 0 bridgehead atoms. The van der Waals surface area contributed by atoms with E-state index in [9.17, 15) is 13.2 Å². The minimum Gasteiger partial charge on any atom is -0.372 e. The van der Waals surface area contributed by atoms with Crippen molar-refractivity contribution in [2.75, 3.05) is 35.1 Å². The van der Waals surface area contributed by atoms with E-state index in [-0.39, 0.29) is 24.9 Å². The van der Waals surface area contributed by atoms with E-state index >= 15 is 0 Å². The van der Waals surface area contributed by atoms with Crippen LogP contribution in [0.15, 0.2) is 42.5 Å². The molecule has 1 saturated heterocycles. The SMILES string of the molecule is Cc1c(Cl)cccc1N(CCCC(=O)N[C@@H](C)c1ccc(N2CCCCC2)cc1)S(C)(=O)=O. The molecule has 0 saturated carbocycles. The highest BCUT2D eigenvalue weighted by Gasteiger charge is 2.20. The molecule has 1 aliphatic rings. The number of amides is 1. The molecule has 33 heavy (non-hydrogen) atoms. The van der Waals surface area contributed by atoms with Gasteiger partial charge in [0.25, 0.3) is 0 Å². The highest BCUT2D eigenvalue weighted by atomic mass is 35.5. The van der Waals surface area contributed by atoms with Crippen LogP contribution >= 0.6 is 11.6 Å². The smallest absolute Gasteiger partial charge is 0.232 e. The van der Waals surface area contributed by atoms with Crippen LogP contribution in [-0.4, -0.2) is 40.2 Å². The summed E-state index contributed by atoms with van der Waals surface area (Å²) in [5.41, 5.74) is 3.54. The van der Waals surface area contributed by atoms with Crippen LogP contribution in [0.3, 0.4) is 0 Å². The minimum absolute atomic E-state index is 0.0983. The van der Waals surface area contributed by atoms with Gasteiger partial charge in [0.15, 0.2) is 0 Å². The lowest BCUT2D eigenvalue weighted by Crippen LogP contribution is -2.33. The maximum Gasteiger partial charge on any atom is 0.232 e. The van der Waals surface area contributed by atoms with Crippen LogP contribution < -0.4 is 14.5 Å². The van der Waals surface area contributed by atoms with Crippen LogP contribution in [0.1, 0.15) is 56.2 Å². The number of hydrogen-bond donors (Lipinski definition) is 1. The van der Waals surface area contributed by atoms with Gasteiger partial charge in [-0.3, -0.25) is 9.10 Å². The molecule has 0 spiro atoms. The van der Waals surface area contributed by atoms with Crippen LogP contribution in [0.5, 0.6) is 0 Å². The van der Waals surface area contributed by atoms with Crippen molar-refractivity contribution in [3.05, 3.63) is 58.6 Å². The zero-order chi connectivity index (χ0) is 24.0. The minimum atomic E-state index is -3.50. The predicted molar refractivity (Wildman–Crippen MR) is 137 cm³/mol. The third-order valence-electron chi connectivity index (χ3n) is 6.16. The van der Waals surface area contributed by atoms with E-state index in [4.69, 9.17) is 11.6 Å². The van der Waals surface area contributed by atoms with Gasteiger partial charge in [0.1, 0.15) is 0 Å². The van der Waals surface area contributed by atoms with Gasteiger partial charge in [0, 0.05) is 36.8 Å². The third kappa shape index (κ3) is 6.87. The van der Waals surface area contributed by atoms with Gasteiger partial charge in [-0.05, 0) is 74.9 Å². The van der Waals surface area contributed by atoms with E-state index in [1.807, 2.05) is 6.92 Å². The molecule has 0 radical (unpaired) electrons. The molecule has 6 nitrogen and oxygen atoms in total. The molecule has 1 N–H and O–H groups in total.